The van der Waals surface area contributed by atoms with Gasteiger partial charge in [0.25, 0.3) is 5.91 Å². The van der Waals surface area contributed by atoms with Crippen molar-refractivity contribution in [2.45, 2.75) is 17.7 Å². The molecule has 1 atom stereocenters. The molecule has 1 heterocycles. The number of thioether (sulfide) groups is 1. The summed E-state index contributed by atoms with van der Waals surface area (Å²) in [6.45, 7) is 0.0763. The van der Waals surface area contributed by atoms with Crippen LogP contribution in [0.1, 0.15) is 14.3 Å². The first-order chi connectivity index (χ1) is 12.4. The standard InChI is InChI=1S/C16H20N2O7S.Na.H/c1-23-11-3-5-12(6-4-11)24-10-16(15(17)22)18(7-2-8-26-16)25-14(21)9-13(19)20;;/h3-6H,2,7-10H2,1H3,(H2,17,22)(H,19,20);;/q;+1;-1. The van der Waals surface area contributed by atoms with E-state index in [0.717, 1.165) is 5.06 Å². The molecule has 144 valence electrons. The Balaban J connectivity index is 0.00000364. The monoisotopic (exact) mass is 408 g/mol. The Hall–Kier alpha value is -1.46. The molecule has 1 aromatic carbocycles. The number of nitrogens with zero attached hydrogens (tertiary/aromatic N) is 1. The molecule has 11 heteroatoms. The number of carbonyl (C=O) groups is 3. The molecule has 1 unspecified atom stereocenters. The van der Waals surface area contributed by atoms with Crippen LogP contribution in [0.25, 0.3) is 0 Å². The summed E-state index contributed by atoms with van der Waals surface area (Å²) in [5.74, 6) is -1.29. The maximum absolute atomic E-state index is 12.2. The van der Waals surface area contributed by atoms with E-state index in [-0.39, 0.29) is 44.1 Å². The van der Waals surface area contributed by atoms with Gasteiger partial charge in [-0.05, 0) is 36.4 Å². The fraction of sp³-hybridized carbons (Fsp3) is 0.438. The van der Waals surface area contributed by atoms with Gasteiger partial charge in [-0.2, -0.15) is 0 Å². The Morgan fingerprint density at radius 1 is 1.30 bits per heavy atom. The van der Waals surface area contributed by atoms with Crippen molar-refractivity contribution >= 4 is 29.6 Å². The van der Waals surface area contributed by atoms with Gasteiger partial charge in [-0.3, -0.25) is 9.59 Å². The molecule has 9 nitrogen and oxygen atoms in total. The third-order valence-electron chi connectivity index (χ3n) is 3.64. The maximum Gasteiger partial charge on any atom is 1.00 e. The molecule has 1 aliphatic heterocycles. The first-order valence-electron chi connectivity index (χ1n) is 7.78. The van der Waals surface area contributed by atoms with Crippen molar-refractivity contribution in [3.05, 3.63) is 24.3 Å². The molecule has 1 aliphatic rings. The van der Waals surface area contributed by atoms with Gasteiger partial charge in [-0.15, -0.1) is 16.8 Å². The summed E-state index contributed by atoms with van der Waals surface area (Å²) >= 11 is 1.19. The van der Waals surface area contributed by atoms with E-state index < -0.39 is 29.1 Å². The van der Waals surface area contributed by atoms with Crippen LogP contribution in [0.3, 0.4) is 0 Å². The quantitative estimate of drug-likeness (QED) is 0.362. The van der Waals surface area contributed by atoms with E-state index in [1.807, 2.05) is 0 Å². The number of amides is 1. The SMILES string of the molecule is COc1ccc(OCC2(C(N)=O)SCCCN2OC(=O)CC(=O)O)cc1.[H-].[Na+]. The molecule has 1 saturated heterocycles. The molecule has 0 aromatic heterocycles. The van der Waals surface area contributed by atoms with Crippen LogP contribution in [0.15, 0.2) is 24.3 Å². The average molecular weight is 408 g/mol. The van der Waals surface area contributed by atoms with Crippen molar-refractivity contribution in [1.82, 2.24) is 5.06 Å². The average Bonchev–Trinajstić information content (AvgIpc) is 2.60. The molecule has 0 saturated carbocycles. The Morgan fingerprint density at radius 3 is 2.48 bits per heavy atom. The van der Waals surface area contributed by atoms with Crippen LogP contribution in [-0.2, 0) is 19.2 Å². The number of hydrogen-bond donors (Lipinski definition) is 2. The van der Waals surface area contributed by atoms with Crippen LogP contribution < -0.4 is 44.8 Å². The van der Waals surface area contributed by atoms with Gasteiger partial charge in [0.05, 0.1) is 7.11 Å². The van der Waals surface area contributed by atoms with Crippen molar-refractivity contribution in [2.24, 2.45) is 5.73 Å². The zero-order valence-corrected chi connectivity index (χ0v) is 18.0. The zero-order valence-electron chi connectivity index (χ0n) is 16.2. The first kappa shape index (κ1) is 23.6. The summed E-state index contributed by atoms with van der Waals surface area (Å²) < 4.78 is 10.7. The largest absolute Gasteiger partial charge is 1.00 e. The number of carbonyl (C=O) groups excluding carboxylic acids is 2. The minimum Gasteiger partial charge on any atom is -1.00 e. The minimum atomic E-state index is -1.44. The number of primary amides is 1. The zero-order chi connectivity index (χ0) is 19.2. The van der Waals surface area contributed by atoms with Crippen LogP contribution >= 0.6 is 11.8 Å². The van der Waals surface area contributed by atoms with Crippen molar-refractivity contribution in [1.29, 1.82) is 0 Å². The predicted octanol–water partition coefficient (Wildman–Crippen LogP) is -2.26. The number of carboxylic acid groups (broad SMARTS) is 1. The molecule has 2 rings (SSSR count). The van der Waals surface area contributed by atoms with Gasteiger partial charge in [0.15, 0.2) is 0 Å². The topological polar surface area (TPSA) is 128 Å². The van der Waals surface area contributed by atoms with Gasteiger partial charge < -0.3 is 26.6 Å². The fourth-order valence-electron chi connectivity index (χ4n) is 2.33. The predicted molar refractivity (Wildman–Crippen MR) is 93.7 cm³/mol. The maximum atomic E-state index is 12.2. The third-order valence-corrected chi connectivity index (χ3v) is 5.13. The Morgan fingerprint density at radius 2 is 1.93 bits per heavy atom. The number of aliphatic carboxylic acids is 1. The number of ether oxygens (including phenoxy) is 2. The molecule has 0 spiro atoms. The van der Waals surface area contributed by atoms with Crippen LogP contribution in [0, 0.1) is 0 Å². The van der Waals surface area contributed by atoms with Gasteiger partial charge in [-0.1, -0.05) is 0 Å². The number of nitrogens with two attached hydrogens (primary N) is 1. The van der Waals surface area contributed by atoms with E-state index in [2.05, 4.69) is 0 Å². The summed E-state index contributed by atoms with van der Waals surface area (Å²) in [5.41, 5.74) is 5.57. The molecule has 0 aliphatic carbocycles. The summed E-state index contributed by atoms with van der Waals surface area (Å²) in [6, 6.07) is 6.74. The number of benzene rings is 1. The fourth-order valence-corrected chi connectivity index (χ4v) is 3.50. The van der Waals surface area contributed by atoms with Gasteiger partial charge in [0, 0.05) is 6.54 Å². The molecule has 1 amide bonds. The number of methoxy groups -OCH3 is 1. The molecule has 1 fully saturated rings. The summed E-state index contributed by atoms with van der Waals surface area (Å²) in [4.78, 5) is 38.2. The van der Waals surface area contributed by atoms with Crippen LogP contribution in [0.5, 0.6) is 11.5 Å². The van der Waals surface area contributed by atoms with Crippen LogP contribution in [-0.4, -0.2) is 58.9 Å². The molecule has 1 aromatic rings. The second-order valence-corrected chi connectivity index (χ2v) is 6.82. The smallest absolute Gasteiger partial charge is 1.00 e. The molecular formula is C16H21N2NaO7S. The number of hydrogen-bond acceptors (Lipinski definition) is 8. The van der Waals surface area contributed by atoms with Crippen molar-refractivity contribution in [3.8, 4) is 11.5 Å². The molecular weight excluding hydrogens is 387 g/mol. The van der Waals surface area contributed by atoms with E-state index in [0.29, 0.717) is 23.7 Å². The van der Waals surface area contributed by atoms with E-state index >= 15 is 0 Å². The second-order valence-electron chi connectivity index (χ2n) is 5.45. The van der Waals surface area contributed by atoms with Crippen LogP contribution in [0.2, 0.25) is 0 Å². The number of rotatable bonds is 8. The molecule has 0 bridgehead atoms. The van der Waals surface area contributed by atoms with Gasteiger partial charge in [0.1, 0.15) is 24.5 Å². The normalized spacial score (nSPS) is 19.4. The Kier molecular flexibility index (Phi) is 9.40. The summed E-state index contributed by atoms with van der Waals surface area (Å²) in [7, 11) is 1.54. The van der Waals surface area contributed by atoms with Gasteiger partial charge in [0.2, 0.25) is 4.87 Å². The van der Waals surface area contributed by atoms with E-state index in [1.165, 1.54) is 11.8 Å². The molecule has 0 radical (unpaired) electrons. The number of carboxylic acids is 1. The Labute approximate surface area is 184 Å². The second kappa shape index (κ2) is 10.8. The van der Waals surface area contributed by atoms with Crippen molar-refractivity contribution in [2.75, 3.05) is 26.0 Å². The van der Waals surface area contributed by atoms with Crippen molar-refractivity contribution < 1.29 is 64.8 Å². The molecule has 27 heavy (non-hydrogen) atoms. The van der Waals surface area contributed by atoms with Crippen molar-refractivity contribution in [3.63, 3.8) is 0 Å². The van der Waals surface area contributed by atoms with E-state index in [4.69, 9.17) is 25.2 Å². The number of hydroxylamine groups is 2. The van der Waals surface area contributed by atoms with E-state index in [1.54, 1.807) is 31.4 Å². The third kappa shape index (κ3) is 6.28. The molecule has 3 N–H and O–H groups in total. The minimum absolute atomic E-state index is 0. The van der Waals surface area contributed by atoms with Crippen LogP contribution in [0.4, 0.5) is 0 Å². The van der Waals surface area contributed by atoms with E-state index in [9.17, 15) is 14.4 Å². The Bertz CT molecular complexity index is 679. The first-order valence-corrected chi connectivity index (χ1v) is 8.77. The van der Waals surface area contributed by atoms with Gasteiger partial charge >= 0.3 is 41.5 Å². The van der Waals surface area contributed by atoms with Gasteiger partial charge in [-0.25, -0.2) is 4.79 Å². The summed E-state index contributed by atoms with van der Waals surface area (Å²) in [5, 5.41) is 9.82. The summed E-state index contributed by atoms with van der Waals surface area (Å²) in [6.07, 6.45) is -0.169.